The molecule has 2 nitrogen and oxygen atoms in total. The van der Waals surface area contributed by atoms with Crippen LogP contribution in [0.5, 0.6) is 5.75 Å². The number of methoxy groups -OCH3 is 1. The lowest BCUT2D eigenvalue weighted by Gasteiger charge is -2.19. The Morgan fingerprint density at radius 3 is 2.18 bits per heavy atom. The monoisotopic (exact) mass is 235 g/mol. The average molecular weight is 235 g/mol. The summed E-state index contributed by atoms with van der Waals surface area (Å²) < 4.78 is 5.37. The van der Waals surface area contributed by atoms with Crippen molar-refractivity contribution in [3.8, 4) is 5.75 Å². The van der Waals surface area contributed by atoms with Gasteiger partial charge in [-0.1, -0.05) is 32.4 Å². The molecule has 0 aliphatic carbocycles. The Balaban J connectivity index is 2.92. The fourth-order valence-corrected chi connectivity index (χ4v) is 2.26. The van der Waals surface area contributed by atoms with Gasteiger partial charge in [-0.3, -0.25) is 0 Å². The third kappa shape index (κ3) is 3.47. The number of aryl methyl sites for hydroxylation is 2. The van der Waals surface area contributed by atoms with E-state index in [-0.39, 0.29) is 6.04 Å². The van der Waals surface area contributed by atoms with E-state index in [4.69, 9.17) is 10.5 Å². The lowest BCUT2D eigenvalue weighted by Crippen LogP contribution is -2.14. The van der Waals surface area contributed by atoms with Gasteiger partial charge in [-0.15, -0.1) is 0 Å². The van der Waals surface area contributed by atoms with Crippen LogP contribution in [0.15, 0.2) is 12.1 Å². The van der Waals surface area contributed by atoms with Gasteiger partial charge < -0.3 is 10.5 Å². The molecule has 0 saturated carbocycles. The van der Waals surface area contributed by atoms with Gasteiger partial charge >= 0.3 is 0 Å². The molecule has 0 bridgehead atoms. The zero-order valence-corrected chi connectivity index (χ0v) is 11.7. The van der Waals surface area contributed by atoms with Crippen LogP contribution < -0.4 is 10.5 Å². The highest BCUT2D eigenvalue weighted by atomic mass is 16.5. The van der Waals surface area contributed by atoms with Gasteiger partial charge in [-0.05, 0) is 42.9 Å². The Labute approximate surface area is 105 Å². The molecule has 0 fully saturated rings. The molecule has 2 unspecified atom stereocenters. The minimum atomic E-state index is 0.133. The number of ether oxygens (including phenoxy) is 1. The molecule has 0 heterocycles. The highest BCUT2D eigenvalue weighted by molar-refractivity contribution is 5.44. The summed E-state index contributed by atoms with van der Waals surface area (Å²) >= 11 is 0. The maximum absolute atomic E-state index is 6.26. The van der Waals surface area contributed by atoms with Crippen LogP contribution in [-0.2, 0) is 0 Å². The Morgan fingerprint density at radius 2 is 1.76 bits per heavy atom. The molecule has 96 valence electrons. The van der Waals surface area contributed by atoms with Gasteiger partial charge in [0, 0.05) is 6.04 Å². The predicted octanol–water partition coefficient (Wildman–Crippen LogP) is 3.75. The van der Waals surface area contributed by atoms with Crippen LogP contribution in [0.2, 0.25) is 0 Å². The first-order chi connectivity index (χ1) is 7.99. The number of nitrogens with two attached hydrogens (primary N) is 1. The summed E-state index contributed by atoms with van der Waals surface area (Å²) in [7, 11) is 1.72. The van der Waals surface area contributed by atoms with Crippen molar-refractivity contribution < 1.29 is 4.74 Å². The van der Waals surface area contributed by atoms with E-state index in [2.05, 4.69) is 39.8 Å². The van der Waals surface area contributed by atoms with Gasteiger partial charge in [0.15, 0.2) is 0 Å². The molecule has 0 aromatic heterocycles. The Hall–Kier alpha value is -1.02. The molecule has 1 aromatic carbocycles. The van der Waals surface area contributed by atoms with E-state index < -0.39 is 0 Å². The van der Waals surface area contributed by atoms with E-state index in [0.717, 1.165) is 12.2 Å². The third-order valence-electron chi connectivity index (χ3n) is 3.47. The molecular weight excluding hydrogens is 210 g/mol. The standard InChI is InChI=1S/C15H25NO/c1-6-10(2)7-14(16)13-8-11(3)15(17-5)12(4)9-13/h8-10,14H,6-7,16H2,1-5H3. The molecule has 0 aliphatic rings. The molecule has 2 heteroatoms. The molecule has 0 aliphatic heterocycles. The van der Waals surface area contributed by atoms with Crippen molar-refractivity contribution in [1.29, 1.82) is 0 Å². The van der Waals surface area contributed by atoms with Crippen LogP contribution in [0.1, 0.15) is 49.4 Å². The zero-order chi connectivity index (χ0) is 13.0. The third-order valence-corrected chi connectivity index (χ3v) is 3.47. The highest BCUT2D eigenvalue weighted by Crippen LogP contribution is 2.29. The quantitative estimate of drug-likeness (QED) is 0.843. The SMILES string of the molecule is CCC(C)CC(N)c1cc(C)c(OC)c(C)c1. The Kier molecular flexibility index (Phi) is 5.01. The van der Waals surface area contributed by atoms with Gasteiger partial charge in [0.25, 0.3) is 0 Å². The predicted molar refractivity (Wildman–Crippen MR) is 73.5 cm³/mol. The van der Waals surface area contributed by atoms with E-state index in [1.165, 1.54) is 23.1 Å². The van der Waals surface area contributed by atoms with Gasteiger partial charge in [-0.2, -0.15) is 0 Å². The molecule has 0 amide bonds. The van der Waals surface area contributed by atoms with Crippen LogP contribution in [0.4, 0.5) is 0 Å². The van der Waals surface area contributed by atoms with Crippen LogP contribution >= 0.6 is 0 Å². The molecule has 1 rings (SSSR count). The molecule has 2 N–H and O–H groups in total. The summed E-state index contributed by atoms with van der Waals surface area (Å²) in [4.78, 5) is 0. The van der Waals surface area contributed by atoms with Gasteiger partial charge in [0.1, 0.15) is 5.75 Å². The summed E-state index contributed by atoms with van der Waals surface area (Å²) in [5.41, 5.74) is 9.82. The van der Waals surface area contributed by atoms with Crippen LogP contribution in [0.3, 0.4) is 0 Å². The van der Waals surface area contributed by atoms with Crippen molar-refractivity contribution in [2.75, 3.05) is 7.11 Å². The first-order valence-electron chi connectivity index (χ1n) is 6.40. The smallest absolute Gasteiger partial charge is 0.124 e. The van der Waals surface area contributed by atoms with E-state index in [1.54, 1.807) is 7.11 Å². The fraction of sp³-hybridized carbons (Fsp3) is 0.600. The van der Waals surface area contributed by atoms with Gasteiger partial charge in [0.2, 0.25) is 0 Å². The molecular formula is C15H25NO. The topological polar surface area (TPSA) is 35.2 Å². The molecule has 0 spiro atoms. The molecule has 0 saturated heterocycles. The van der Waals surface area contributed by atoms with E-state index in [9.17, 15) is 0 Å². The summed E-state index contributed by atoms with van der Waals surface area (Å²) in [6.45, 7) is 8.61. The van der Waals surface area contributed by atoms with Crippen molar-refractivity contribution in [3.63, 3.8) is 0 Å². The summed E-state index contributed by atoms with van der Waals surface area (Å²) in [6, 6.07) is 4.44. The van der Waals surface area contributed by atoms with E-state index >= 15 is 0 Å². The molecule has 1 aromatic rings. The second kappa shape index (κ2) is 6.06. The summed E-state index contributed by atoms with van der Waals surface area (Å²) in [5, 5.41) is 0. The maximum Gasteiger partial charge on any atom is 0.124 e. The zero-order valence-electron chi connectivity index (χ0n) is 11.7. The van der Waals surface area contributed by atoms with Gasteiger partial charge in [0.05, 0.1) is 7.11 Å². The van der Waals surface area contributed by atoms with Crippen LogP contribution in [0, 0.1) is 19.8 Å². The van der Waals surface area contributed by atoms with Gasteiger partial charge in [-0.25, -0.2) is 0 Å². The largest absolute Gasteiger partial charge is 0.496 e. The maximum atomic E-state index is 6.26. The average Bonchev–Trinajstić information content (AvgIpc) is 2.28. The lowest BCUT2D eigenvalue weighted by atomic mass is 9.93. The minimum absolute atomic E-state index is 0.133. The lowest BCUT2D eigenvalue weighted by molar-refractivity contribution is 0.407. The molecule has 17 heavy (non-hydrogen) atoms. The van der Waals surface area contributed by atoms with Crippen molar-refractivity contribution in [1.82, 2.24) is 0 Å². The highest BCUT2D eigenvalue weighted by Gasteiger charge is 2.13. The minimum Gasteiger partial charge on any atom is -0.496 e. The number of rotatable bonds is 5. The fourth-order valence-electron chi connectivity index (χ4n) is 2.26. The Morgan fingerprint density at radius 1 is 1.24 bits per heavy atom. The van der Waals surface area contributed by atoms with Crippen molar-refractivity contribution >= 4 is 0 Å². The first-order valence-corrected chi connectivity index (χ1v) is 6.40. The summed E-state index contributed by atoms with van der Waals surface area (Å²) in [6.07, 6.45) is 2.23. The molecule has 2 atom stereocenters. The van der Waals surface area contributed by atoms with Crippen LogP contribution in [0.25, 0.3) is 0 Å². The Bertz CT molecular complexity index is 350. The first kappa shape index (κ1) is 14.0. The van der Waals surface area contributed by atoms with Crippen LogP contribution in [-0.4, -0.2) is 7.11 Å². The van der Waals surface area contributed by atoms with E-state index in [1.807, 2.05) is 0 Å². The molecule has 0 radical (unpaired) electrons. The second-order valence-electron chi connectivity index (χ2n) is 5.04. The normalized spacial score (nSPS) is 14.5. The summed E-state index contributed by atoms with van der Waals surface area (Å²) in [5.74, 6) is 1.65. The number of hydrogen-bond acceptors (Lipinski definition) is 2. The number of hydrogen-bond donors (Lipinski definition) is 1. The number of benzene rings is 1. The van der Waals surface area contributed by atoms with E-state index in [0.29, 0.717) is 5.92 Å². The van der Waals surface area contributed by atoms with Crippen molar-refractivity contribution in [3.05, 3.63) is 28.8 Å². The van der Waals surface area contributed by atoms with Crippen molar-refractivity contribution in [2.24, 2.45) is 11.7 Å². The van der Waals surface area contributed by atoms with Crippen molar-refractivity contribution in [2.45, 2.75) is 46.6 Å². The second-order valence-corrected chi connectivity index (χ2v) is 5.04.